The number of nitrogens with zero attached hydrogens (tertiary/aromatic N) is 3. The van der Waals surface area contributed by atoms with Crippen molar-refractivity contribution in [1.29, 1.82) is 0 Å². The normalized spacial score (nSPS) is 16.2. The van der Waals surface area contributed by atoms with E-state index in [9.17, 15) is 14.4 Å². The number of carbonyl (C=O) groups is 3. The highest BCUT2D eigenvalue weighted by molar-refractivity contribution is 6.10. The van der Waals surface area contributed by atoms with E-state index in [4.69, 9.17) is 0 Å². The van der Waals surface area contributed by atoms with Crippen LogP contribution in [0.3, 0.4) is 0 Å². The molecule has 0 aliphatic carbocycles. The average molecular weight is 389 g/mol. The zero-order chi connectivity index (χ0) is 20.5. The van der Waals surface area contributed by atoms with Gasteiger partial charge in [-0.25, -0.2) is 0 Å². The number of ketones is 1. The van der Waals surface area contributed by atoms with Crippen molar-refractivity contribution >= 4 is 29.0 Å². The minimum Gasteiger partial charge on any atom is -0.368 e. The standard InChI is InChI=1S/C23H23N3O3/c1-16-20-5-3-4-6-21(20)23(29)26(16)15-22(28)25-13-11-24(12-14-25)19-9-7-18(8-10-19)17(2)27/h3-10H,1,11-15H2,2H3. The Hall–Kier alpha value is -3.41. The van der Waals surface area contributed by atoms with Crippen LogP contribution in [0.5, 0.6) is 0 Å². The van der Waals surface area contributed by atoms with E-state index in [1.807, 2.05) is 42.5 Å². The summed E-state index contributed by atoms with van der Waals surface area (Å²) in [5, 5.41) is 0. The minimum absolute atomic E-state index is 0.0135. The summed E-state index contributed by atoms with van der Waals surface area (Å²) in [6, 6.07) is 14.9. The fourth-order valence-corrected chi connectivity index (χ4v) is 3.86. The zero-order valence-corrected chi connectivity index (χ0v) is 16.4. The van der Waals surface area contributed by atoms with Gasteiger partial charge in [0.25, 0.3) is 5.91 Å². The van der Waals surface area contributed by atoms with Gasteiger partial charge in [0.2, 0.25) is 5.91 Å². The monoisotopic (exact) mass is 389 g/mol. The van der Waals surface area contributed by atoms with Gasteiger partial charge in [-0.2, -0.15) is 0 Å². The first-order chi connectivity index (χ1) is 14.0. The van der Waals surface area contributed by atoms with Crippen molar-refractivity contribution in [2.75, 3.05) is 37.6 Å². The molecule has 6 heteroatoms. The van der Waals surface area contributed by atoms with Gasteiger partial charge in [0.15, 0.2) is 5.78 Å². The Bertz CT molecular complexity index is 954. The maximum Gasteiger partial charge on any atom is 0.259 e. The van der Waals surface area contributed by atoms with E-state index >= 15 is 0 Å². The van der Waals surface area contributed by atoms with Crippen molar-refractivity contribution in [2.24, 2.45) is 0 Å². The number of amides is 2. The third-order valence-electron chi connectivity index (χ3n) is 5.60. The predicted molar refractivity (Wildman–Crippen MR) is 112 cm³/mol. The summed E-state index contributed by atoms with van der Waals surface area (Å²) in [5.74, 6) is -0.186. The number of carbonyl (C=O) groups excluding carboxylic acids is 3. The van der Waals surface area contributed by atoms with Crippen LogP contribution >= 0.6 is 0 Å². The molecule has 2 amide bonds. The van der Waals surface area contributed by atoms with Crippen LogP contribution in [0.15, 0.2) is 55.1 Å². The molecule has 0 bridgehead atoms. The number of Topliss-reactive ketones (excluding diaryl/α,β-unsaturated/α-hetero) is 1. The molecule has 0 atom stereocenters. The van der Waals surface area contributed by atoms with Gasteiger partial charge in [-0.05, 0) is 37.3 Å². The van der Waals surface area contributed by atoms with Crippen LogP contribution in [0.25, 0.3) is 5.70 Å². The fraction of sp³-hybridized carbons (Fsp3) is 0.261. The lowest BCUT2D eigenvalue weighted by Gasteiger charge is -2.36. The molecule has 6 nitrogen and oxygen atoms in total. The average Bonchev–Trinajstić information content (AvgIpc) is 2.99. The second-order valence-corrected chi connectivity index (χ2v) is 7.35. The third kappa shape index (κ3) is 3.53. The first-order valence-electron chi connectivity index (χ1n) is 9.69. The van der Waals surface area contributed by atoms with Crippen molar-refractivity contribution in [3.63, 3.8) is 0 Å². The summed E-state index contributed by atoms with van der Waals surface area (Å²) in [6.45, 7) is 8.17. The molecule has 148 valence electrons. The smallest absolute Gasteiger partial charge is 0.259 e. The second kappa shape index (κ2) is 7.54. The molecule has 0 N–H and O–H groups in total. The molecule has 0 unspecified atom stereocenters. The molecule has 4 rings (SSSR count). The van der Waals surface area contributed by atoms with E-state index < -0.39 is 0 Å². The van der Waals surface area contributed by atoms with Crippen LogP contribution in [0.2, 0.25) is 0 Å². The lowest BCUT2D eigenvalue weighted by molar-refractivity contribution is -0.131. The molecule has 0 radical (unpaired) electrons. The molecule has 1 fully saturated rings. The van der Waals surface area contributed by atoms with Crippen molar-refractivity contribution in [1.82, 2.24) is 9.80 Å². The summed E-state index contributed by atoms with van der Waals surface area (Å²) in [7, 11) is 0. The van der Waals surface area contributed by atoms with Gasteiger partial charge >= 0.3 is 0 Å². The first kappa shape index (κ1) is 18.9. The Kier molecular flexibility index (Phi) is 4.92. The predicted octanol–water partition coefficient (Wildman–Crippen LogP) is 2.66. The summed E-state index contributed by atoms with van der Waals surface area (Å²) in [6.07, 6.45) is 0. The Balaban J connectivity index is 1.36. The Morgan fingerprint density at radius 1 is 0.931 bits per heavy atom. The molecule has 2 aromatic rings. The van der Waals surface area contributed by atoms with Gasteiger partial charge in [-0.1, -0.05) is 24.8 Å². The van der Waals surface area contributed by atoms with Crippen LogP contribution < -0.4 is 4.90 Å². The van der Waals surface area contributed by atoms with Crippen molar-refractivity contribution in [3.05, 3.63) is 71.8 Å². The minimum atomic E-state index is -0.164. The largest absolute Gasteiger partial charge is 0.368 e. The molecule has 0 spiro atoms. The summed E-state index contributed by atoms with van der Waals surface area (Å²) < 4.78 is 0. The van der Waals surface area contributed by atoms with Crippen LogP contribution in [-0.2, 0) is 4.79 Å². The summed E-state index contributed by atoms with van der Waals surface area (Å²) in [4.78, 5) is 42.3. The molecule has 2 aliphatic rings. The topological polar surface area (TPSA) is 60.9 Å². The zero-order valence-electron chi connectivity index (χ0n) is 16.4. The van der Waals surface area contributed by atoms with E-state index in [-0.39, 0.29) is 24.1 Å². The van der Waals surface area contributed by atoms with E-state index in [0.717, 1.165) is 11.3 Å². The van der Waals surface area contributed by atoms with E-state index in [2.05, 4.69) is 11.5 Å². The SMILES string of the molecule is C=C1c2ccccc2C(=O)N1CC(=O)N1CCN(c2ccc(C(C)=O)cc2)CC1. The molecule has 2 aromatic carbocycles. The molecule has 1 saturated heterocycles. The number of rotatable bonds is 4. The van der Waals surface area contributed by atoms with Crippen LogP contribution in [0, 0.1) is 0 Å². The van der Waals surface area contributed by atoms with E-state index in [1.54, 1.807) is 17.9 Å². The Labute approximate surface area is 170 Å². The summed E-state index contributed by atoms with van der Waals surface area (Å²) >= 11 is 0. The van der Waals surface area contributed by atoms with Crippen molar-refractivity contribution < 1.29 is 14.4 Å². The molecule has 2 aliphatic heterocycles. The lowest BCUT2D eigenvalue weighted by Crippen LogP contribution is -2.51. The maximum atomic E-state index is 12.8. The highest BCUT2D eigenvalue weighted by Crippen LogP contribution is 2.31. The maximum absolute atomic E-state index is 12.8. The summed E-state index contributed by atoms with van der Waals surface area (Å²) in [5.41, 5.74) is 3.72. The van der Waals surface area contributed by atoms with E-state index in [0.29, 0.717) is 43.0 Å². The first-order valence-corrected chi connectivity index (χ1v) is 9.69. The highest BCUT2D eigenvalue weighted by Gasteiger charge is 2.33. The van der Waals surface area contributed by atoms with Gasteiger partial charge in [0, 0.05) is 54.3 Å². The van der Waals surface area contributed by atoms with Gasteiger partial charge in [-0.15, -0.1) is 0 Å². The molecule has 0 saturated carbocycles. The van der Waals surface area contributed by atoms with Crippen molar-refractivity contribution in [3.8, 4) is 0 Å². The lowest BCUT2D eigenvalue weighted by atomic mass is 10.1. The Morgan fingerprint density at radius 3 is 2.14 bits per heavy atom. The molecule has 29 heavy (non-hydrogen) atoms. The van der Waals surface area contributed by atoms with Gasteiger partial charge in [0.05, 0.1) is 0 Å². The third-order valence-corrected chi connectivity index (χ3v) is 5.60. The van der Waals surface area contributed by atoms with Gasteiger partial charge in [0.1, 0.15) is 6.54 Å². The number of anilines is 1. The van der Waals surface area contributed by atoms with Crippen LogP contribution in [0.4, 0.5) is 5.69 Å². The quantitative estimate of drug-likeness (QED) is 0.755. The number of hydrogen-bond donors (Lipinski definition) is 0. The van der Waals surface area contributed by atoms with E-state index in [1.165, 1.54) is 4.90 Å². The molecule has 0 aromatic heterocycles. The number of hydrogen-bond acceptors (Lipinski definition) is 4. The Morgan fingerprint density at radius 2 is 1.55 bits per heavy atom. The second-order valence-electron chi connectivity index (χ2n) is 7.35. The molecule has 2 heterocycles. The highest BCUT2D eigenvalue weighted by atomic mass is 16.2. The number of fused-ring (bicyclic) bond motifs is 1. The molecular formula is C23H23N3O3. The van der Waals surface area contributed by atoms with Gasteiger partial charge in [-0.3, -0.25) is 19.3 Å². The van der Waals surface area contributed by atoms with Crippen LogP contribution in [0.1, 0.15) is 33.2 Å². The van der Waals surface area contributed by atoms with Crippen molar-refractivity contribution in [2.45, 2.75) is 6.92 Å². The molecular weight excluding hydrogens is 366 g/mol. The number of benzene rings is 2. The van der Waals surface area contributed by atoms with Gasteiger partial charge < -0.3 is 9.80 Å². The van der Waals surface area contributed by atoms with Crippen LogP contribution in [-0.4, -0.2) is 60.1 Å². The fourth-order valence-electron chi connectivity index (χ4n) is 3.86. The number of piperazine rings is 1.